The fourth-order valence-electron chi connectivity index (χ4n) is 4.97. The molecule has 9 nitrogen and oxygen atoms in total. The fraction of sp³-hybridized carbons (Fsp3) is 0.0938. The average molecular weight is 542 g/mol. The van der Waals surface area contributed by atoms with Gasteiger partial charge < -0.3 is 15.8 Å². The number of nitrogens with zero attached hydrogens (tertiary/aromatic N) is 5. The molecule has 0 amide bonds. The monoisotopic (exact) mass is 541 g/mol. The molecule has 0 spiro atoms. The standard InChI is InChI=1S/C32H27N7O2/c1-20(37-30-25(19-36-32(33)38-30)26-13-6-7-15-34-26)27-17-22-9-8-12-24(21-14-16-35-28(18-21)41-2)29(22)31(40)39(27)23-10-4-3-5-11-23/h3-20H,1-2H3,(H3,33,36,37,38)/t20-/m0/s1. The largest absolute Gasteiger partial charge is 0.481 e. The first-order chi connectivity index (χ1) is 20.0. The Bertz CT molecular complexity index is 1910. The summed E-state index contributed by atoms with van der Waals surface area (Å²) in [7, 11) is 1.57. The van der Waals surface area contributed by atoms with Crippen molar-refractivity contribution < 1.29 is 4.74 Å². The molecule has 2 aromatic carbocycles. The van der Waals surface area contributed by atoms with Crippen LogP contribution in [0.3, 0.4) is 0 Å². The topological polar surface area (TPSA) is 121 Å². The van der Waals surface area contributed by atoms with Crippen molar-refractivity contribution in [1.29, 1.82) is 0 Å². The van der Waals surface area contributed by atoms with E-state index in [0.717, 1.165) is 27.9 Å². The summed E-state index contributed by atoms with van der Waals surface area (Å²) in [6, 6.07) is 26.5. The van der Waals surface area contributed by atoms with Gasteiger partial charge in [0.1, 0.15) is 5.82 Å². The Morgan fingerprint density at radius 1 is 0.878 bits per heavy atom. The molecule has 1 atom stereocenters. The number of methoxy groups -OCH3 is 1. The Hall–Kier alpha value is -5.57. The molecule has 4 aromatic heterocycles. The minimum Gasteiger partial charge on any atom is -0.481 e. The van der Waals surface area contributed by atoms with Crippen LogP contribution < -0.4 is 21.3 Å². The second kappa shape index (κ2) is 10.9. The molecule has 0 fully saturated rings. The Morgan fingerprint density at radius 3 is 2.49 bits per heavy atom. The number of anilines is 2. The molecule has 0 saturated heterocycles. The van der Waals surface area contributed by atoms with E-state index in [1.807, 2.05) is 91.9 Å². The number of benzene rings is 2. The Kier molecular flexibility index (Phi) is 6.83. The van der Waals surface area contributed by atoms with Crippen LogP contribution in [0.4, 0.5) is 11.8 Å². The van der Waals surface area contributed by atoms with Gasteiger partial charge >= 0.3 is 0 Å². The van der Waals surface area contributed by atoms with Gasteiger partial charge in [0.15, 0.2) is 0 Å². The van der Waals surface area contributed by atoms with Crippen molar-refractivity contribution in [3.05, 3.63) is 120 Å². The second-order valence-electron chi connectivity index (χ2n) is 9.47. The summed E-state index contributed by atoms with van der Waals surface area (Å²) in [5.74, 6) is 1.13. The lowest BCUT2D eigenvalue weighted by Crippen LogP contribution is -2.26. The number of pyridine rings is 3. The van der Waals surface area contributed by atoms with Crippen molar-refractivity contribution >= 4 is 22.5 Å². The maximum atomic E-state index is 14.4. The summed E-state index contributed by atoms with van der Waals surface area (Å²) in [5, 5.41) is 4.88. The van der Waals surface area contributed by atoms with E-state index in [0.29, 0.717) is 28.3 Å². The maximum Gasteiger partial charge on any atom is 0.263 e. The van der Waals surface area contributed by atoms with Gasteiger partial charge in [0, 0.05) is 36.0 Å². The third kappa shape index (κ3) is 4.96. The van der Waals surface area contributed by atoms with Crippen LogP contribution in [0.5, 0.6) is 5.88 Å². The van der Waals surface area contributed by atoms with Crippen molar-refractivity contribution in [2.45, 2.75) is 13.0 Å². The SMILES string of the molecule is COc1cc(-c2cccc3cc([C@H](C)Nc4nc(N)ncc4-c4ccccn4)n(-c4ccccc4)c(=O)c23)ccn1. The highest BCUT2D eigenvalue weighted by Crippen LogP contribution is 2.32. The molecular formula is C32H27N7O2. The van der Waals surface area contributed by atoms with E-state index in [2.05, 4.69) is 25.3 Å². The molecule has 4 heterocycles. The van der Waals surface area contributed by atoms with E-state index in [4.69, 9.17) is 10.5 Å². The van der Waals surface area contributed by atoms with E-state index in [1.54, 1.807) is 30.3 Å². The summed E-state index contributed by atoms with van der Waals surface area (Å²) in [6.45, 7) is 1.98. The third-order valence-corrected chi connectivity index (χ3v) is 6.89. The quantitative estimate of drug-likeness (QED) is 0.265. The highest BCUT2D eigenvalue weighted by Gasteiger charge is 2.21. The molecule has 9 heteroatoms. The maximum absolute atomic E-state index is 14.4. The zero-order chi connectivity index (χ0) is 28.3. The van der Waals surface area contributed by atoms with Gasteiger partial charge in [-0.15, -0.1) is 0 Å². The lowest BCUT2D eigenvalue weighted by atomic mass is 9.98. The van der Waals surface area contributed by atoms with E-state index in [-0.39, 0.29) is 17.5 Å². The molecule has 0 aliphatic carbocycles. The fourth-order valence-corrected chi connectivity index (χ4v) is 4.97. The van der Waals surface area contributed by atoms with Crippen LogP contribution in [0.15, 0.2) is 108 Å². The number of aromatic nitrogens is 5. The van der Waals surface area contributed by atoms with Gasteiger partial charge in [-0.25, -0.2) is 9.97 Å². The van der Waals surface area contributed by atoms with Gasteiger partial charge in [0.2, 0.25) is 11.8 Å². The molecule has 0 saturated carbocycles. The normalized spacial score (nSPS) is 11.8. The van der Waals surface area contributed by atoms with Gasteiger partial charge in [0.25, 0.3) is 5.56 Å². The molecule has 0 aliphatic rings. The first-order valence-electron chi connectivity index (χ1n) is 13.1. The first kappa shape index (κ1) is 25.7. The molecule has 0 unspecified atom stereocenters. The smallest absolute Gasteiger partial charge is 0.263 e. The average Bonchev–Trinajstić information content (AvgIpc) is 3.01. The zero-order valence-corrected chi connectivity index (χ0v) is 22.5. The van der Waals surface area contributed by atoms with E-state index >= 15 is 0 Å². The van der Waals surface area contributed by atoms with Gasteiger partial charge in [-0.1, -0.05) is 42.5 Å². The first-order valence-corrected chi connectivity index (χ1v) is 13.1. The van der Waals surface area contributed by atoms with Crippen LogP contribution in [-0.4, -0.2) is 31.6 Å². The van der Waals surface area contributed by atoms with Gasteiger partial charge in [-0.05, 0) is 59.8 Å². The highest BCUT2D eigenvalue weighted by atomic mass is 16.5. The molecule has 0 radical (unpaired) electrons. The van der Waals surface area contributed by atoms with Gasteiger partial charge in [-0.2, -0.15) is 4.98 Å². The Balaban J connectivity index is 1.54. The van der Waals surface area contributed by atoms with Crippen LogP contribution in [-0.2, 0) is 0 Å². The minimum absolute atomic E-state index is 0.135. The van der Waals surface area contributed by atoms with Crippen LogP contribution in [0.2, 0.25) is 0 Å². The Morgan fingerprint density at radius 2 is 1.71 bits per heavy atom. The third-order valence-electron chi connectivity index (χ3n) is 6.89. The molecule has 0 bridgehead atoms. The van der Waals surface area contributed by atoms with Crippen molar-refractivity contribution in [2.24, 2.45) is 0 Å². The highest BCUT2D eigenvalue weighted by molar-refractivity contribution is 5.96. The Labute approximate surface area is 236 Å². The summed E-state index contributed by atoms with van der Waals surface area (Å²) in [5.41, 5.74) is 10.4. The lowest BCUT2D eigenvalue weighted by Gasteiger charge is -2.23. The number of nitrogens with two attached hydrogens (primary N) is 1. The van der Waals surface area contributed by atoms with Crippen LogP contribution in [0.25, 0.3) is 38.8 Å². The number of fused-ring (bicyclic) bond motifs is 1. The summed E-state index contributed by atoms with van der Waals surface area (Å²) in [4.78, 5) is 31.8. The molecule has 6 rings (SSSR count). The molecular weight excluding hydrogens is 514 g/mol. The predicted octanol–water partition coefficient (Wildman–Crippen LogP) is 5.67. The molecule has 41 heavy (non-hydrogen) atoms. The molecule has 3 N–H and O–H groups in total. The number of hydrogen-bond donors (Lipinski definition) is 2. The van der Waals surface area contributed by atoms with Crippen LogP contribution in [0, 0.1) is 0 Å². The van der Waals surface area contributed by atoms with E-state index in [9.17, 15) is 4.79 Å². The zero-order valence-electron chi connectivity index (χ0n) is 22.5. The summed E-state index contributed by atoms with van der Waals surface area (Å²) < 4.78 is 7.09. The molecule has 6 aromatic rings. The number of para-hydroxylation sites is 1. The van der Waals surface area contributed by atoms with Crippen molar-refractivity contribution in [2.75, 3.05) is 18.2 Å². The second-order valence-corrected chi connectivity index (χ2v) is 9.47. The number of nitrogen functional groups attached to an aromatic ring is 1. The number of nitrogens with one attached hydrogen (secondary N) is 1. The van der Waals surface area contributed by atoms with Crippen molar-refractivity contribution in [3.63, 3.8) is 0 Å². The van der Waals surface area contributed by atoms with E-state index < -0.39 is 0 Å². The van der Waals surface area contributed by atoms with Crippen LogP contribution >= 0.6 is 0 Å². The number of hydrogen-bond acceptors (Lipinski definition) is 8. The van der Waals surface area contributed by atoms with Gasteiger partial charge in [-0.3, -0.25) is 14.3 Å². The molecule has 0 aliphatic heterocycles. The lowest BCUT2D eigenvalue weighted by molar-refractivity contribution is 0.398. The van der Waals surface area contributed by atoms with Crippen molar-refractivity contribution in [1.82, 2.24) is 24.5 Å². The van der Waals surface area contributed by atoms with Crippen molar-refractivity contribution in [3.8, 4) is 34.0 Å². The van der Waals surface area contributed by atoms with Crippen LogP contribution in [0.1, 0.15) is 18.7 Å². The summed E-state index contributed by atoms with van der Waals surface area (Å²) in [6.07, 6.45) is 5.04. The minimum atomic E-state index is -0.353. The number of rotatable bonds is 7. The summed E-state index contributed by atoms with van der Waals surface area (Å²) >= 11 is 0. The molecule has 202 valence electrons. The number of ether oxygens (including phenoxy) is 1. The van der Waals surface area contributed by atoms with Gasteiger partial charge in [0.05, 0.1) is 29.8 Å². The predicted molar refractivity (Wildman–Crippen MR) is 161 cm³/mol. The van der Waals surface area contributed by atoms with E-state index in [1.165, 1.54) is 0 Å².